The van der Waals surface area contributed by atoms with Crippen LogP contribution < -0.4 is 0 Å². The highest BCUT2D eigenvalue weighted by Gasteiger charge is 2.48. The van der Waals surface area contributed by atoms with Crippen LogP contribution in [0.5, 0.6) is 0 Å². The lowest BCUT2D eigenvalue weighted by Crippen LogP contribution is -2.35. The number of rotatable bonds is 2. The first-order chi connectivity index (χ1) is 13.2. The number of aliphatic imine (C=N–C) groups is 1. The number of hydrogen-bond donors (Lipinski definition) is 0. The van der Waals surface area contributed by atoms with Gasteiger partial charge in [-0.2, -0.15) is 13.2 Å². The Bertz CT molecular complexity index is 968. The van der Waals surface area contributed by atoms with Crippen molar-refractivity contribution in [2.75, 3.05) is 13.6 Å². The maximum Gasteiger partial charge on any atom is 0.416 e. The number of alkyl halides is 3. The number of halogens is 3. The van der Waals surface area contributed by atoms with E-state index in [1.54, 1.807) is 24.9 Å². The minimum atomic E-state index is -4.38. The van der Waals surface area contributed by atoms with Gasteiger partial charge < -0.3 is 4.90 Å². The summed E-state index contributed by atoms with van der Waals surface area (Å²) in [7, 11) is 1.77. The predicted octanol–water partition coefficient (Wildman–Crippen LogP) is 3.65. The number of aryl methyl sites for hydroxylation is 1. The number of aromatic nitrogens is 2. The number of likely N-dealkylation sites (N-methyl/N-ethyl adjacent to an activating group) is 1. The van der Waals surface area contributed by atoms with Crippen molar-refractivity contribution < 1.29 is 18.0 Å². The minimum absolute atomic E-state index is 0.0260. The molecule has 1 atom stereocenters. The highest BCUT2D eigenvalue weighted by atomic mass is 19.4. The van der Waals surface area contributed by atoms with Gasteiger partial charge in [0.15, 0.2) is 5.82 Å². The number of carbonyl (C=O) groups excluding carboxylic acids is 1. The normalized spacial score (nSPS) is 22.2. The van der Waals surface area contributed by atoms with Crippen molar-refractivity contribution in [3.05, 3.63) is 47.4 Å². The molecule has 2 aliphatic heterocycles. The second-order valence-corrected chi connectivity index (χ2v) is 7.36. The molecule has 5 nitrogen and oxygen atoms in total. The van der Waals surface area contributed by atoms with Crippen LogP contribution in [0.15, 0.2) is 35.3 Å². The van der Waals surface area contributed by atoms with Crippen LogP contribution in [0.3, 0.4) is 0 Å². The molecule has 3 heterocycles. The third kappa shape index (κ3) is 3.16. The number of likely N-dealkylation sites (tertiary alicyclic amines) is 1. The molecule has 1 saturated heterocycles. The molecular formula is C20H19F3N4O. The lowest BCUT2D eigenvalue weighted by molar-refractivity contribution is -0.137. The van der Waals surface area contributed by atoms with Gasteiger partial charge in [0, 0.05) is 24.8 Å². The maximum absolute atomic E-state index is 12.8. The van der Waals surface area contributed by atoms with Gasteiger partial charge in [0.1, 0.15) is 5.54 Å². The fourth-order valence-electron chi connectivity index (χ4n) is 3.78. The Labute approximate surface area is 160 Å². The molecular weight excluding hydrogens is 369 g/mol. The van der Waals surface area contributed by atoms with E-state index in [9.17, 15) is 18.0 Å². The van der Waals surface area contributed by atoms with Crippen molar-refractivity contribution >= 4 is 11.6 Å². The SMILES string of the molecule is Cc1cc(-c2ccc(C(F)(F)F)cc2)nc(C2=NC3(CC2)CCN(C)C3=O)n1. The molecule has 0 radical (unpaired) electrons. The zero-order valence-electron chi connectivity index (χ0n) is 15.5. The molecule has 1 aromatic heterocycles. The molecule has 1 unspecified atom stereocenters. The number of hydrogen-bond acceptors (Lipinski definition) is 4. The van der Waals surface area contributed by atoms with Crippen molar-refractivity contribution in [3.63, 3.8) is 0 Å². The number of carbonyl (C=O) groups is 1. The first kappa shape index (κ1) is 18.6. The van der Waals surface area contributed by atoms with Crippen LogP contribution >= 0.6 is 0 Å². The minimum Gasteiger partial charge on any atom is -0.344 e. The second-order valence-electron chi connectivity index (χ2n) is 7.36. The quantitative estimate of drug-likeness (QED) is 0.789. The molecule has 1 fully saturated rings. The number of nitrogens with zero attached hydrogens (tertiary/aromatic N) is 4. The zero-order valence-corrected chi connectivity index (χ0v) is 15.5. The van der Waals surface area contributed by atoms with Crippen molar-refractivity contribution in [1.29, 1.82) is 0 Å². The summed E-state index contributed by atoms with van der Waals surface area (Å²) < 4.78 is 38.4. The van der Waals surface area contributed by atoms with Crippen LogP contribution in [0, 0.1) is 6.92 Å². The van der Waals surface area contributed by atoms with Gasteiger partial charge in [-0.05, 0) is 44.4 Å². The second kappa shape index (κ2) is 6.39. The summed E-state index contributed by atoms with van der Waals surface area (Å²) in [6.07, 6.45) is -2.45. The molecule has 2 aliphatic rings. The smallest absolute Gasteiger partial charge is 0.344 e. The van der Waals surface area contributed by atoms with Gasteiger partial charge in [-0.1, -0.05) is 12.1 Å². The number of amides is 1. The van der Waals surface area contributed by atoms with E-state index in [-0.39, 0.29) is 5.91 Å². The van der Waals surface area contributed by atoms with Crippen molar-refractivity contribution in [1.82, 2.24) is 14.9 Å². The molecule has 146 valence electrons. The van der Waals surface area contributed by atoms with E-state index in [1.165, 1.54) is 12.1 Å². The molecule has 0 bridgehead atoms. The average Bonchev–Trinajstić information content (AvgIpc) is 3.21. The summed E-state index contributed by atoms with van der Waals surface area (Å²) in [6.45, 7) is 2.49. The summed E-state index contributed by atoms with van der Waals surface area (Å²) in [5.41, 5.74) is 1.08. The van der Waals surface area contributed by atoms with Gasteiger partial charge in [-0.3, -0.25) is 9.79 Å². The molecule has 1 aromatic carbocycles. The van der Waals surface area contributed by atoms with Crippen LogP contribution in [-0.4, -0.2) is 45.6 Å². The molecule has 4 rings (SSSR count). The Balaban J connectivity index is 1.68. The van der Waals surface area contributed by atoms with Gasteiger partial charge in [0.25, 0.3) is 0 Å². The largest absolute Gasteiger partial charge is 0.416 e. The topological polar surface area (TPSA) is 58.5 Å². The Hall–Kier alpha value is -2.77. The summed E-state index contributed by atoms with van der Waals surface area (Å²) in [6, 6.07) is 6.62. The fraction of sp³-hybridized carbons (Fsp3) is 0.400. The molecule has 0 N–H and O–H groups in total. The van der Waals surface area contributed by atoms with E-state index in [4.69, 9.17) is 4.99 Å². The van der Waals surface area contributed by atoms with Crippen LogP contribution in [-0.2, 0) is 11.0 Å². The molecule has 28 heavy (non-hydrogen) atoms. The Morgan fingerprint density at radius 3 is 2.43 bits per heavy atom. The van der Waals surface area contributed by atoms with E-state index >= 15 is 0 Å². The molecule has 2 aromatic rings. The maximum atomic E-state index is 12.8. The summed E-state index contributed by atoms with van der Waals surface area (Å²) >= 11 is 0. The Kier molecular flexibility index (Phi) is 4.24. The molecule has 8 heteroatoms. The van der Waals surface area contributed by atoms with E-state index in [0.717, 1.165) is 12.1 Å². The third-order valence-corrected chi connectivity index (χ3v) is 5.35. The van der Waals surface area contributed by atoms with Crippen LogP contribution in [0.1, 0.15) is 36.3 Å². The van der Waals surface area contributed by atoms with Crippen LogP contribution in [0.4, 0.5) is 13.2 Å². The average molecular weight is 388 g/mol. The predicted molar refractivity (Wildman–Crippen MR) is 98.0 cm³/mol. The van der Waals surface area contributed by atoms with E-state index in [2.05, 4.69) is 9.97 Å². The summed E-state index contributed by atoms with van der Waals surface area (Å²) in [5.74, 6) is 0.465. The van der Waals surface area contributed by atoms with Crippen molar-refractivity contribution in [2.45, 2.75) is 37.9 Å². The fourth-order valence-corrected chi connectivity index (χ4v) is 3.78. The zero-order chi connectivity index (χ0) is 20.1. The first-order valence-corrected chi connectivity index (χ1v) is 9.06. The van der Waals surface area contributed by atoms with E-state index < -0.39 is 17.3 Å². The lowest BCUT2D eigenvalue weighted by Gasteiger charge is -2.16. The molecule has 0 saturated carbocycles. The van der Waals surface area contributed by atoms with Crippen LogP contribution in [0.25, 0.3) is 11.3 Å². The van der Waals surface area contributed by atoms with Crippen molar-refractivity contribution in [2.24, 2.45) is 4.99 Å². The molecule has 1 amide bonds. The van der Waals surface area contributed by atoms with Gasteiger partial charge in [0.05, 0.1) is 17.0 Å². The van der Waals surface area contributed by atoms with Gasteiger partial charge >= 0.3 is 6.18 Å². The summed E-state index contributed by atoms with van der Waals surface area (Å²) in [5, 5.41) is 0. The molecule has 1 spiro atoms. The van der Waals surface area contributed by atoms with Crippen LogP contribution in [0.2, 0.25) is 0 Å². The summed E-state index contributed by atoms with van der Waals surface area (Å²) in [4.78, 5) is 27.8. The third-order valence-electron chi connectivity index (χ3n) is 5.35. The van der Waals surface area contributed by atoms with E-state index in [0.29, 0.717) is 54.3 Å². The highest BCUT2D eigenvalue weighted by molar-refractivity contribution is 6.03. The monoisotopic (exact) mass is 388 g/mol. The molecule has 0 aliphatic carbocycles. The van der Waals surface area contributed by atoms with Gasteiger partial charge in [-0.15, -0.1) is 0 Å². The standard InChI is InChI=1S/C20H19F3N4O/c1-12-11-16(13-3-5-14(6-4-13)20(21,22)23)25-17(24-12)15-7-8-19(26-15)9-10-27(2)18(19)28/h3-6,11H,7-10H2,1-2H3. The Morgan fingerprint density at radius 2 is 1.82 bits per heavy atom. The first-order valence-electron chi connectivity index (χ1n) is 9.06. The van der Waals surface area contributed by atoms with Gasteiger partial charge in [-0.25, -0.2) is 9.97 Å². The number of benzene rings is 1. The van der Waals surface area contributed by atoms with Crippen molar-refractivity contribution in [3.8, 4) is 11.3 Å². The lowest BCUT2D eigenvalue weighted by atomic mass is 9.95. The highest BCUT2D eigenvalue weighted by Crippen LogP contribution is 2.37. The van der Waals surface area contributed by atoms with Gasteiger partial charge in [0.2, 0.25) is 5.91 Å². The van der Waals surface area contributed by atoms with E-state index in [1.807, 2.05) is 0 Å². The Morgan fingerprint density at radius 1 is 1.11 bits per heavy atom.